The summed E-state index contributed by atoms with van der Waals surface area (Å²) in [6, 6.07) is 5.36. The highest BCUT2D eigenvalue weighted by Crippen LogP contribution is 2.10. The van der Waals surface area contributed by atoms with Gasteiger partial charge in [-0.05, 0) is 57.6 Å². The lowest BCUT2D eigenvalue weighted by Crippen LogP contribution is -2.13. The quantitative estimate of drug-likeness (QED) is 0.714. The van der Waals surface area contributed by atoms with E-state index in [9.17, 15) is 4.39 Å². The van der Waals surface area contributed by atoms with Gasteiger partial charge in [-0.2, -0.15) is 0 Å². The SMILES string of the molecule is Cc1cc(CCCN(C)C)ccc1F. The van der Waals surface area contributed by atoms with Gasteiger partial charge in [-0.25, -0.2) is 4.39 Å². The molecular formula is C12H18FN. The molecule has 1 nitrogen and oxygen atoms in total. The second-order valence-electron chi connectivity index (χ2n) is 3.99. The molecule has 2 heteroatoms. The fourth-order valence-electron chi connectivity index (χ4n) is 1.46. The minimum absolute atomic E-state index is 0.110. The van der Waals surface area contributed by atoms with E-state index < -0.39 is 0 Å². The maximum Gasteiger partial charge on any atom is 0.126 e. The first-order valence-electron chi connectivity index (χ1n) is 4.99. The van der Waals surface area contributed by atoms with Crippen LogP contribution in [-0.4, -0.2) is 25.5 Å². The first-order valence-corrected chi connectivity index (χ1v) is 4.99. The Kier molecular flexibility index (Phi) is 4.08. The van der Waals surface area contributed by atoms with E-state index in [4.69, 9.17) is 0 Å². The molecule has 0 atom stereocenters. The van der Waals surface area contributed by atoms with Crippen LogP contribution in [0.4, 0.5) is 4.39 Å². The zero-order valence-corrected chi connectivity index (χ0v) is 9.18. The third-order valence-electron chi connectivity index (χ3n) is 2.29. The molecule has 0 unspecified atom stereocenters. The smallest absolute Gasteiger partial charge is 0.126 e. The zero-order valence-electron chi connectivity index (χ0n) is 9.18. The van der Waals surface area contributed by atoms with Gasteiger partial charge in [0.15, 0.2) is 0 Å². The van der Waals surface area contributed by atoms with Gasteiger partial charge in [0.1, 0.15) is 5.82 Å². The van der Waals surface area contributed by atoms with Crippen molar-refractivity contribution < 1.29 is 4.39 Å². The summed E-state index contributed by atoms with van der Waals surface area (Å²) in [5, 5.41) is 0. The topological polar surface area (TPSA) is 3.24 Å². The molecule has 0 bridgehead atoms. The predicted octanol–water partition coefficient (Wildman–Crippen LogP) is 2.63. The van der Waals surface area contributed by atoms with Gasteiger partial charge in [-0.3, -0.25) is 0 Å². The molecule has 0 fully saturated rings. The Morgan fingerprint density at radius 2 is 2.00 bits per heavy atom. The average molecular weight is 195 g/mol. The molecular weight excluding hydrogens is 177 g/mol. The summed E-state index contributed by atoms with van der Waals surface area (Å²) >= 11 is 0. The number of nitrogens with zero attached hydrogens (tertiary/aromatic N) is 1. The normalized spacial score (nSPS) is 10.9. The van der Waals surface area contributed by atoms with Gasteiger partial charge in [0.05, 0.1) is 0 Å². The van der Waals surface area contributed by atoms with E-state index in [0.717, 1.165) is 24.9 Å². The van der Waals surface area contributed by atoms with E-state index in [1.54, 1.807) is 6.07 Å². The Bertz CT molecular complexity index is 294. The van der Waals surface area contributed by atoms with Crippen molar-refractivity contribution in [2.45, 2.75) is 19.8 Å². The minimum atomic E-state index is -0.110. The molecule has 14 heavy (non-hydrogen) atoms. The molecule has 1 aromatic carbocycles. The van der Waals surface area contributed by atoms with Crippen molar-refractivity contribution in [3.05, 3.63) is 35.1 Å². The minimum Gasteiger partial charge on any atom is -0.309 e. The highest BCUT2D eigenvalue weighted by atomic mass is 19.1. The van der Waals surface area contributed by atoms with Crippen LogP contribution in [-0.2, 0) is 6.42 Å². The molecule has 0 heterocycles. The van der Waals surface area contributed by atoms with Gasteiger partial charge < -0.3 is 4.90 Å². The van der Waals surface area contributed by atoms with Crippen LogP contribution in [0.2, 0.25) is 0 Å². The van der Waals surface area contributed by atoms with Crippen LogP contribution < -0.4 is 0 Å². The monoisotopic (exact) mass is 195 g/mol. The molecule has 1 rings (SSSR count). The van der Waals surface area contributed by atoms with Crippen molar-refractivity contribution in [3.63, 3.8) is 0 Å². The summed E-state index contributed by atoms with van der Waals surface area (Å²) in [5.74, 6) is -0.110. The first kappa shape index (κ1) is 11.2. The number of hydrogen-bond donors (Lipinski definition) is 0. The summed E-state index contributed by atoms with van der Waals surface area (Å²) in [4.78, 5) is 2.16. The maximum absolute atomic E-state index is 12.9. The van der Waals surface area contributed by atoms with Gasteiger partial charge in [0.2, 0.25) is 0 Å². The number of rotatable bonds is 4. The molecule has 0 aliphatic rings. The van der Waals surface area contributed by atoms with Crippen molar-refractivity contribution in [2.24, 2.45) is 0 Å². The summed E-state index contributed by atoms with van der Waals surface area (Å²) in [5.41, 5.74) is 1.97. The van der Waals surface area contributed by atoms with Gasteiger partial charge in [0, 0.05) is 0 Å². The second-order valence-corrected chi connectivity index (χ2v) is 3.99. The van der Waals surface area contributed by atoms with E-state index in [-0.39, 0.29) is 5.82 Å². The summed E-state index contributed by atoms with van der Waals surface area (Å²) in [6.45, 7) is 2.89. The van der Waals surface area contributed by atoms with Crippen LogP contribution in [0.3, 0.4) is 0 Å². The van der Waals surface area contributed by atoms with Crippen molar-refractivity contribution in [2.75, 3.05) is 20.6 Å². The molecule has 0 amide bonds. The maximum atomic E-state index is 12.9. The van der Waals surface area contributed by atoms with E-state index >= 15 is 0 Å². The lowest BCUT2D eigenvalue weighted by molar-refractivity contribution is 0.400. The molecule has 0 aliphatic carbocycles. The van der Waals surface area contributed by atoms with E-state index in [1.807, 2.05) is 19.1 Å². The highest BCUT2D eigenvalue weighted by Gasteiger charge is 1.99. The fraction of sp³-hybridized carbons (Fsp3) is 0.500. The predicted molar refractivity (Wildman–Crippen MR) is 58.0 cm³/mol. The number of benzene rings is 1. The van der Waals surface area contributed by atoms with Gasteiger partial charge >= 0.3 is 0 Å². The van der Waals surface area contributed by atoms with E-state index in [2.05, 4.69) is 19.0 Å². The fourth-order valence-corrected chi connectivity index (χ4v) is 1.46. The largest absolute Gasteiger partial charge is 0.309 e. The van der Waals surface area contributed by atoms with Crippen molar-refractivity contribution in [1.29, 1.82) is 0 Å². The van der Waals surface area contributed by atoms with Gasteiger partial charge in [-0.15, -0.1) is 0 Å². The zero-order chi connectivity index (χ0) is 10.6. The van der Waals surface area contributed by atoms with Crippen LogP contribution in [0.15, 0.2) is 18.2 Å². The highest BCUT2D eigenvalue weighted by molar-refractivity contribution is 5.23. The molecule has 0 aromatic heterocycles. The Hall–Kier alpha value is -0.890. The van der Waals surface area contributed by atoms with Crippen LogP contribution >= 0.6 is 0 Å². The van der Waals surface area contributed by atoms with Crippen LogP contribution in [0.25, 0.3) is 0 Å². The summed E-state index contributed by atoms with van der Waals surface area (Å²) in [6.07, 6.45) is 2.15. The number of halogens is 1. The molecule has 0 saturated carbocycles. The van der Waals surface area contributed by atoms with Crippen LogP contribution in [0, 0.1) is 12.7 Å². The van der Waals surface area contributed by atoms with E-state index in [1.165, 1.54) is 5.56 Å². The van der Waals surface area contributed by atoms with Crippen LogP contribution in [0.1, 0.15) is 17.5 Å². The van der Waals surface area contributed by atoms with Crippen molar-refractivity contribution in [1.82, 2.24) is 4.90 Å². The third kappa shape index (κ3) is 3.46. The first-order chi connectivity index (χ1) is 6.59. The third-order valence-corrected chi connectivity index (χ3v) is 2.29. The van der Waals surface area contributed by atoms with Crippen molar-refractivity contribution >= 4 is 0 Å². The Morgan fingerprint density at radius 1 is 1.29 bits per heavy atom. The summed E-state index contributed by atoms with van der Waals surface area (Å²) < 4.78 is 12.9. The Balaban J connectivity index is 2.47. The molecule has 0 radical (unpaired) electrons. The van der Waals surface area contributed by atoms with Gasteiger partial charge in [-0.1, -0.05) is 12.1 Å². The van der Waals surface area contributed by atoms with E-state index in [0.29, 0.717) is 0 Å². The second kappa shape index (κ2) is 5.11. The molecule has 0 spiro atoms. The van der Waals surface area contributed by atoms with Crippen LogP contribution in [0.5, 0.6) is 0 Å². The molecule has 78 valence electrons. The number of aryl methyl sites for hydroxylation is 2. The molecule has 0 saturated heterocycles. The lowest BCUT2D eigenvalue weighted by Gasteiger charge is -2.09. The molecule has 0 aliphatic heterocycles. The average Bonchev–Trinajstić information content (AvgIpc) is 2.10. The lowest BCUT2D eigenvalue weighted by atomic mass is 10.1. The Morgan fingerprint density at radius 3 is 2.57 bits per heavy atom. The van der Waals surface area contributed by atoms with Gasteiger partial charge in [0.25, 0.3) is 0 Å². The molecule has 0 N–H and O–H groups in total. The standard InChI is InChI=1S/C12H18FN/c1-10-9-11(6-7-12(10)13)5-4-8-14(2)3/h6-7,9H,4-5,8H2,1-3H3. The number of hydrogen-bond acceptors (Lipinski definition) is 1. The Labute approximate surface area is 85.5 Å². The molecule has 1 aromatic rings. The summed E-state index contributed by atoms with van der Waals surface area (Å²) in [7, 11) is 4.13. The van der Waals surface area contributed by atoms with Crippen molar-refractivity contribution in [3.8, 4) is 0 Å².